The molecule has 2 aromatic rings. The normalized spacial score (nSPS) is 13.9. The summed E-state index contributed by atoms with van der Waals surface area (Å²) in [5, 5.41) is 9.30. The van der Waals surface area contributed by atoms with Gasteiger partial charge in [0.15, 0.2) is 0 Å². The van der Waals surface area contributed by atoms with Crippen LogP contribution in [0.4, 0.5) is 10.1 Å². The Balaban J connectivity index is 1.56. The third kappa shape index (κ3) is 3.47. The molecule has 4 heteroatoms. The van der Waals surface area contributed by atoms with Crippen LogP contribution in [-0.4, -0.2) is 11.7 Å². The van der Waals surface area contributed by atoms with Gasteiger partial charge in [-0.05, 0) is 54.1 Å². The van der Waals surface area contributed by atoms with Gasteiger partial charge in [-0.2, -0.15) is 0 Å². The molecule has 0 aliphatic carbocycles. The Morgan fingerprint density at radius 2 is 1.77 bits per heavy atom. The van der Waals surface area contributed by atoms with Gasteiger partial charge in [-0.3, -0.25) is 0 Å². The third-order valence-corrected chi connectivity index (χ3v) is 3.41. The summed E-state index contributed by atoms with van der Waals surface area (Å²) in [6.07, 6.45) is 5.81. The SMILES string of the molecule is Oc1ccc(N2C=CC(OCc3ccc(F)cc3)=CC2)cc1. The van der Waals surface area contributed by atoms with Crippen molar-refractivity contribution in [2.24, 2.45) is 0 Å². The number of rotatable bonds is 4. The largest absolute Gasteiger partial charge is 0.508 e. The Morgan fingerprint density at radius 1 is 1.05 bits per heavy atom. The van der Waals surface area contributed by atoms with Crippen molar-refractivity contribution in [1.82, 2.24) is 0 Å². The number of halogens is 1. The number of anilines is 1. The molecule has 0 fully saturated rings. The van der Waals surface area contributed by atoms with Gasteiger partial charge < -0.3 is 14.7 Å². The number of allylic oxidation sites excluding steroid dienone is 1. The fourth-order valence-electron chi connectivity index (χ4n) is 2.17. The first-order chi connectivity index (χ1) is 10.7. The molecule has 0 bridgehead atoms. The molecule has 0 unspecified atom stereocenters. The van der Waals surface area contributed by atoms with Crippen LogP contribution in [0.5, 0.6) is 5.75 Å². The van der Waals surface area contributed by atoms with Crippen LogP contribution in [0.3, 0.4) is 0 Å². The molecule has 0 saturated carbocycles. The number of phenols is 1. The van der Waals surface area contributed by atoms with Gasteiger partial charge in [0.25, 0.3) is 0 Å². The molecule has 1 aliphatic rings. The zero-order valence-electron chi connectivity index (χ0n) is 11.9. The van der Waals surface area contributed by atoms with Crippen LogP contribution in [-0.2, 0) is 11.3 Å². The fourth-order valence-corrected chi connectivity index (χ4v) is 2.17. The van der Waals surface area contributed by atoms with E-state index in [-0.39, 0.29) is 11.6 Å². The van der Waals surface area contributed by atoms with Gasteiger partial charge in [0.1, 0.15) is 23.9 Å². The summed E-state index contributed by atoms with van der Waals surface area (Å²) in [5.41, 5.74) is 1.93. The highest BCUT2D eigenvalue weighted by atomic mass is 19.1. The molecule has 22 heavy (non-hydrogen) atoms. The van der Waals surface area contributed by atoms with E-state index in [1.807, 2.05) is 35.4 Å². The van der Waals surface area contributed by atoms with Crippen molar-refractivity contribution in [2.75, 3.05) is 11.4 Å². The number of hydrogen-bond acceptors (Lipinski definition) is 3. The van der Waals surface area contributed by atoms with Crippen molar-refractivity contribution in [2.45, 2.75) is 6.61 Å². The van der Waals surface area contributed by atoms with Gasteiger partial charge in [0.2, 0.25) is 0 Å². The quantitative estimate of drug-likeness (QED) is 0.927. The lowest BCUT2D eigenvalue weighted by Crippen LogP contribution is -2.19. The van der Waals surface area contributed by atoms with Crippen molar-refractivity contribution >= 4 is 5.69 Å². The minimum atomic E-state index is -0.245. The van der Waals surface area contributed by atoms with Crippen LogP contribution in [0.2, 0.25) is 0 Å². The minimum Gasteiger partial charge on any atom is -0.508 e. The van der Waals surface area contributed by atoms with Crippen molar-refractivity contribution in [3.05, 3.63) is 84.0 Å². The Labute approximate surface area is 128 Å². The van der Waals surface area contributed by atoms with Crippen molar-refractivity contribution in [3.63, 3.8) is 0 Å². The first kappa shape index (κ1) is 14.2. The summed E-state index contributed by atoms with van der Waals surface area (Å²) >= 11 is 0. The van der Waals surface area contributed by atoms with Gasteiger partial charge in [-0.1, -0.05) is 12.1 Å². The average molecular weight is 297 g/mol. The topological polar surface area (TPSA) is 32.7 Å². The number of aromatic hydroxyl groups is 1. The number of phenolic OH excluding ortho intramolecular Hbond substituents is 1. The zero-order chi connectivity index (χ0) is 15.4. The summed E-state index contributed by atoms with van der Waals surface area (Å²) < 4.78 is 18.5. The predicted octanol–water partition coefficient (Wildman–Crippen LogP) is 3.97. The molecular weight excluding hydrogens is 281 g/mol. The summed E-state index contributed by atoms with van der Waals surface area (Å²) in [6, 6.07) is 13.3. The van der Waals surface area contributed by atoms with Crippen molar-refractivity contribution < 1.29 is 14.2 Å². The standard InChI is InChI=1S/C18H16FNO2/c19-15-3-1-14(2-4-15)13-22-18-9-11-20(12-10-18)16-5-7-17(21)8-6-16/h1-11,21H,12-13H2. The zero-order valence-corrected chi connectivity index (χ0v) is 11.9. The lowest BCUT2D eigenvalue weighted by atomic mass is 10.2. The molecule has 1 heterocycles. The van der Waals surface area contributed by atoms with Crippen LogP contribution in [0.15, 0.2) is 72.6 Å². The van der Waals surface area contributed by atoms with Gasteiger partial charge in [0, 0.05) is 18.4 Å². The third-order valence-electron chi connectivity index (χ3n) is 3.41. The lowest BCUT2D eigenvalue weighted by Gasteiger charge is -2.22. The summed E-state index contributed by atoms with van der Waals surface area (Å²) in [5.74, 6) is 0.799. The van der Waals surface area contributed by atoms with Crippen molar-refractivity contribution in [1.29, 1.82) is 0 Å². The van der Waals surface area contributed by atoms with E-state index in [4.69, 9.17) is 4.74 Å². The lowest BCUT2D eigenvalue weighted by molar-refractivity contribution is 0.209. The molecule has 1 aliphatic heterocycles. The maximum Gasteiger partial charge on any atom is 0.123 e. The second-order valence-electron chi connectivity index (χ2n) is 5.01. The van der Waals surface area contributed by atoms with Gasteiger partial charge in [0.05, 0.1) is 0 Å². The monoisotopic (exact) mass is 297 g/mol. The molecule has 3 nitrogen and oxygen atoms in total. The van der Waals surface area contributed by atoms with E-state index < -0.39 is 0 Å². The molecule has 0 spiro atoms. The molecule has 112 valence electrons. The summed E-state index contributed by atoms with van der Waals surface area (Å²) in [7, 11) is 0. The average Bonchev–Trinajstić information content (AvgIpc) is 2.56. The Morgan fingerprint density at radius 3 is 2.41 bits per heavy atom. The maximum atomic E-state index is 12.8. The second-order valence-corrected chi connectivity index (χ2v) is 5.01. The number of ether oxygens (including phenoxy) is 1. The predicted molar refractivity (Wildman–Crippen MR) is 83.9 cm³/mol. The van der Waals surface area contributed by atoms with Gasteiger partial charge in [-0.25, -0.2) is 4.39 Å². The fraction of sp³-hybridized carbons (Fsp3) is 0.111. The second kappa shape index (κ2) is 6.35. The Bertz CT molecular complexity index is 690. The highest BCUT2D eigenvalue weighted by molar-refractivity contribution is 5.53. The van der Waals surface area contributed by atoms with E-state index in [2.05, 4.69) is 0 Å². The molecule has 1 N–H and O–H groups in total. The van der Waals surface area contributed by atoms with E-state index in [0.717, 1.165) is 17.0 Å². The van der Waals surface area contributed by atoms with Crippen LogP contribution >= 0.6 is 0 Å². The first-order valence-corrected chi connectivity index (χ1v) is 7.02. The van der Waals surface area contributed by atoms with Gasteiger partial charge in [-0.15, -0.1) is 0 Å². The molecule has 2 aromatic carbocycles. The Kier molecular flexibility index (Phi) is 4.10. The van der Waals surface area contributed by atoms with Crippen LogP contribution in [0.1, 0.15) is 5.56 Å². The highest BCUT2D eigenvalue weighted by Crippen LogP contribution is 2.21. The highest BCUT2D eigenvalue weighted by Gasteiger charge is 2.08. The van der Waals surface area contributed by atoms with E-state index in [0.29, 0.717) is 13.2 Å². The van der Waals surface area contributed by atoms with Crippen molar-refractivity contribution in [3.8, 4) is 5.75 Å². The van der Waals surface area contributed by atoms with E-state index in [1.165, 1.54) is 12.1 Å². The molecule has 0 aromatic heterocycles. The van der Waals surface area contributed by atoms with Gasteiger partial charge >= 0.3 is 0 Å². The van der Waals surface area contributed by atoms with Crippen LogP contribution in [0, 0.1) is 5.82 Å². The number of benzene rings is 2. The first-order valence-electron chi connectivity index (χ1n) is 7.02. The molecule has 0 saturated heterocycles. The number of hydrogen-bond donors (Lipinski definition) is 1. The molecule has 3 rings (SSSR count). The minimum absolute atomic E-state index is 0.245. The molecule has 0 atom stereocenters. The molecular formula is C18H16FNO2. The van der Waals surface area contributed by atoms with Crippen LogP contribution in [0.25, 0.3) is 0 Å². The summed E-state index contributed by atoms with van der Waals surface area (Å²) in [6.45, 7) is 1.11. The van der Waals surface area contributed by atoms with E-state index >= 15 is 0 Å². The van der Waals surface area contributed by atoms with E-state index in [1.54, 1.807) is 24.3 Å². The maximum absolute atomic E-state index is 12.8. The molecule has 0 amide bonds. The summed E-state index contributed by atoms with van der Waals surface area (Å²) in [4.78, 5) is 2.05. The van der Waals surface area contributed by atoms with Crippen LogP contribution < -0.4 is 4.90 Å². The van der Waals surface area contributed by atoms with E-state index in [9.17, 15) is 9.50 Å². The molecule has 0 radical (unpaired) electrons. The Hall–Kier alpha value is -2.75. The number of nitrogens with zero attached hydrogens (tertiary/aromatic N) is 1. The smallest absolute Gasteiger partial charge is 0.123 e.